The number of halogens is 4. The Hall–Kier alpha value is -4.59. The summed E-state index contributed by atoms with van der Waals surface area (Å²) in [5, 5.41) is 0. The summed E-state index contributed by atoms with van der Waals surface area (Å²) in [6, 6.07) is 41.2. The van der Waals surface area contributed by atoms with E-state index in [0.29, 0.717) is 22.6 Å². The fraction of sp³-hybridized carbons (Fsp3) is 0.0930. The second-order valence-electron chi connectivity index (χ2n) is 13.2. The van der Waals surface area contributed by atoms with Crippen molar-refractivity contribution in [1.82, 2.24) is 4.48 Å². The zero-order chi connectivity index (χ0) is 34.3. The summed E-state index contributed by atoms with van der Waals surface area (Å²) in [6.07, 6.45) is 2.13. The van der Waals surface area contributed by atoms with Gasteiger partial charge in [-0.25, -0.2) is 4.99 Å². The van der Waals surface area contributed by atoms with Crippen molar-refractivity contribution in [1.29, 1.82) is 0 Å². The van der Waals surface area contributed by atoms with Crippen molar-refractivity contribution in [3.8, 4) is 22.4 Å². The molecule has 6 aromatic rings. The predicted molar refractivity (Wildman–Crippen MR) is 209 cm³/mol. The molecule has 2 aliphatic carbocycles. The second kappa shape index (κ2) is 12.0. The molecule has 0 spiro atoms. The largest absolute Gasteiger partial charge is 0.484 e. The molecule has 2 atom stereocenters. The van der Waals surface area contributed by atoms with Gasteiger partial charge in [0.15, 0.2) is 0 Å². The number of aliphatic imine (C=N–C) groups is 1. The Morgan fingerprint density at radius 1 is 0.640 bits per heavy atom. The molecule has 9 rings (SSSR count). The van der Waals surface area contributed by atoms with Crippen LogP contribution in [0.4, 0.5) is 8.63 Å². The molecule has 50 heavy (non-hydrogen) atoms. The first kappa shape index (κ1) is 31.4. The molecule has 1 radical (unpaired) electrons. The van der Waals surface area contributed by atoms with Crippen LogP contribution >= 0.6 is 31.9 Å². The van der Waals surface area contributed by atoms with E-state index in [4.69, 9.17) is 4.99 Å². The quantitative estimate of drug-likeness (QED) is 0.159. The average molecular weight is 782 g/mol. The van der Waals surface area contributed by atoms with Crippen LogP contribution in [0.3, 0.4) is 0 Å². The van der Waals surface area contributed by atoms with Crippen molar-refractivity contribution in [2.24, 2.45) is 4.99 Å². The van der Waals surface area contributed by atoms with Crippen molar-refractivity contribution in [2.45, 2.75) is 25.7 Å². The highest BCUT2D eigenvalue weighted by atomic mass is 79.9. The summed E-state index contributed by atoms with van der Waals surface area (Å²) in [4.78, 5) is 5.44. The van der Waals surface area contributed by atoms with Gasteiger partial charge in [0.25, 0.3) is 0 Å². The molecule has 2 heterocycles. The highest BCUT2D eigenvalue weighted by molar-refractivity contribution is 9.10. The molecule has 2 nitrogen and oxygen atoms in total. The molecule has 0 N–H and O–H groups in total. The maximum atomic E-state index is 16.0. The van der Waals surface area contributed by atoms with Crippen molar-refractivity contribution in [3.05, 3.63) is 187 Å². The van der Waals surface area contributed by atoms with Crippen molar-refractivity contribution < 1.29 is 8.63 Å². The lowest BCUT2D eigenvalue weighted by Crippen LogP contribution is -2.19. The Morgan fingerprint density at radius 2 is 1.20 bits per heavy atom. The minimum Gasteiger partial charge on any atom is -0.484 e. The summed E-state index contributed by atoms with van der Waals surface area (Å²) >= 11 is 7.11. The van der Waals surface area contributed by atoms with E-state index in [1.165, 1.54) is 10.0 Å². The third-order valence-corrected chi connectivity index (χ3v) is 11.5. The fourth-order valence-electron chi connectivity index (χ4n) is 7.90. The minimum atomic E-state index is -2.82. The standard InChI is InChI=1S/C43H29BBr2F2N2/c1-24-28-6-3-8-30(20-28)36-22-38(26-12-16-32(45)17-13-26)49-42(36)41-40-34(24)10-5-11-35(40)25(2)29-7-4-9-31(21-29)37-23-39(50(43(37)41)44(47)48)27-14-18-33(46)19-15-27/h3-25H,1-2H3/q-1/b42-41-. The van der Waals surface area contributed by atoms with Gasteiger partial charge in [-0.3, -0.25) is 0 Å². The van der Waals surface area contributed by atoms with Crippen LogP contribution in [0.2, 0.25) is 0 Å². The summed E-state index contributed by atoms with van der Waals surface area (Å²) in [5.41, 5.74) is 13.9. The smallest absolute Gasteiger partial charge is 0.341 e. The van der Waals surface area contributed by atoms with Gasteiger partial charge in [0.1, 0.15) is 0 Å². The van der Waals surface area contributed by atoms with E-state index in [9.17, 15) is 0 Å². The molecule has 2 unspecified atom stereocenters. The maximum Gasteiger partial charge on any atom is 0.341 e. The normalized spacial score (nSPS) is 18.8. The zero-order valence-electron chi connectivity index (χ0n) is 27.3. The van der Waals surface area contributed by atoms with E-state index in [-0.39, 0.29) is 11.8 Å². The van der Waals surface area contributed by atoms with E-state index < -0.39 is 7.40 Å². The summed E-state index contributed by atoms with van der Waals surface area (Å²) < 4.78 is 35.2. The van der Waals surface area contributed by atoms with Crippen LogP contribution in [0.15, 0.2) is 147 Å². The molecule has 1 aromatic heterocycles. The van der Waals surface area contributed by atoms with Gasteiger partial charge in [0.05, 0.1) is 11.4 Å². The Bertz CT molecular complexity index is 2460. The molecular weight excluding hydrogens is 753 g/mol. The lowest BCUT2D eigenvalue weighted by molar-refractivity contribution is 0.630. The number of allylic oxidation sites excluding steroid dienone is 2. The van der Waals surface area contributed by atoms with Crippen molar-refractivity contribution in [3.63, 3.8) is 0 Å². The molecule has 0 saturated heterocycles. The number of benzene rings is 5. The Kier molecular flexibility index (Phi) is 7.56. The van der Waals surface area contributed by atoms with E-state index in [1.807, 2.05) is 66.7 Å². The lowest BCUT2D eigenvalue weighted by atomic mass is 9.79. The van der Waals surface area contributed by atoms with Crippen LogP contribution in [0.5, 0.6) is 0 Å². The van der Waals surface area contributed by atoms with Gasteiger partial charge in [0.2, 0.25) is 0 Å². The van der Waals surface area contributed by atoms with Crippen LogP contribution in [-0.4, -0.2) is 17.6 Å². The summed E-state index contributed by atoms with van der Waals surface area (Å²) in [7, 11) is -2.82. The molecule has 7 heteroatoms. The molecule has 243 valence electrons. The fourth-order valence-corrected chi connectivity index (χ4v) is 8.43. The molecule has 0 fully saturated rings. The van der Waals surface area contributed by atoms with Crippen LogP contribution in [0.1, 0.15) is 70.3 Å². The van der Waals surface area contributed by atoms with E-state index in [0.717, 1.165) is 70.3 Å². The molecule has 0 saturated carbocycles. The van der Waals surface area contributed by atoms with Crippen molar-refractivity contribution in [2.75, 3.05) is 0 Å². The first-order valence-corrected chi connectivity index (χ1v) is 18.3. The Labute approximate surface area is 307 Å². The number of hydrogen-bond donors (Lipinski definition) is 0. The first-order chi connectivity index (χ1) is 24.3. The number of rotatable bonds is 3. The Morgan fingerprint density at radius 3 is 1.82 bits per heavy atom. The van der Waals surface area contributed by atoms with Gasteiger partial charge < -0.3 is 13.1 Å². The molecule has 3 aliphatic rings. The van der Waals surface area contributed by atoms with Gasteiger partial charge in [-0.1, -0.05) is 137 Å². The highest BCUT2D eigenvalue weighted by Crippen LogP contribution is 2.51. The van der Waals surface area contributed by atoms with Gasteiger partial charge in [-0.15, -0.1) is 0 Å². The van der Waals surface area contributed by atoms with E-state index in [1.54, 1.807) is 0 Å². The van der Waals surface area contributed by atoms with Crippen LogP contribution in [-0.2, 0) is 0 Å². The van der Waals surface area contributed by atoms with E-state index >= 15 is 8.63 Å². The van der Waals surface area contributed by atoms with Gasteiger partial charge >= 0.3 is 7.40 Å². The topological polar surface area (TPSA) is 17.3 Å². The minimum absolute atomic E-state index is 0.00438. The monoisotopic (exact) mass is 780 g/mol. The van der Waals surface area contributed by atoms with Crippen molar-refractivity contribution >= 4 is 56.1 Å². The lowest BCUT2D eigenvalue weighted by Gasteiger charge is -2.29. The molecule has 5 aromatic carbocycles. The molecule has 4 bridgehead atoms. The number of fused-ring (bicyclic) bond motifs is 9. The van der Waals surface area contributed by atoms with E-state index in [2.05, 4.69) is 106 Å². The number of aromatic nitrogens is 1. The third-order valence-electron chi connectivity index (χ3n) is 10.5. The highest BCUT2D eigenvalue weighted by Gasteiger charge is 2.34. The van der Waals surface area contributed by atoms with Crippen LogP contribution < -0.4 is 0 Å². The SMILES string of the molecule is CC1c2cccc(c2)C2=CC(c3ccc(Br)cc3)=N/C2=C2/c3c1cccc3C(C)c1cccc(c1)-c1cc(-c3ccc(Br)cc3)n([B-](F)F)c12. The summed E-state index contributed by atoms with van der Waals surface area (Å²) in [5.74, 6) is -0.00876. The van der Waals surface area contributed by atoms with Crippen LogP contribution in [0, 0.1) is 0 Å². The molecule has 0 amide bonds. The average Bonchev–Trinajstić information content (AvgIpc) is 3.76. The third kappa shape index (κ3) is 4.97. The van der Waals surface area contributed by atoms with Gasteiger partial charge in [-0.2, -0.15) is 0 Å². The van der Waals surface area contributed by atoms with Gasteiger partial charge in [0, 0.05) is 54.4 Å². The molecule has 1 aliphatic heterocycles. The number of hydrogen-bond acceptors (Lipinski definition) is 1. The number of nitrogens with zero attached hydrogens (tertiary/aromatic N) is 2. The predicted octanol–water partition coefficient (Wildman–Crippen LogP) is 12.4. The molecular formula is C43H29BBr2F2N2-. The van der Waals surface area contributed by atoms with Gasteiger partial charge in [-0.05, 0) is 80.9 Å². The zero-order valence-corrected chi connectivity index (χ0v) is 30.4. The first-order valence-electron chi connectivity index (χ1n) is 16.7. The van der Waals surface area contributed by atoms with Crippen LogP contribution in [0.25, 0.3) is 33.5 Å². The second-order valence-corrected chi connectivity index (χ2v) is 15.1. The maximum absolute atomic E-state index is 16.0. The summed E-state index contributed by atoms with van der Waals surface area (Å²) in [6.45, 7) is 4.45. The Balaban J connectivity index is 1.50.